The van der Waals surface area contributed by atoms with E-state index in [1.54, 1.807) is 25.4 Å². The Bertz CT molecular complexity index is 960. The van der Waals surface area contributed by atoms with Crippen LogP contribution in [0.4, 0.5) is 11.5 Å². The number of carbonyl (C=O) groups excluding carboxylic acids is 1. The van der Waals surface area contributed by atoms with Crippen molar-refractivity contribution in [3.8, 4) is 5.75 Å². The zero-order valence-electron chi connectivity index (χ0n) is 15.1. The number of halogens is 1. The first-order valence-corrected chi connectivity index (χ1v) is 8.84. The summed E-state index contributed by atoms with van der Waals surface area (Å²) in [4.78, 5) is 16.9. The number of nitrogens with one attached hydrogen (secondary N) is 2. The first-order valence-electron chi connectivity index (χ1n) is 8.46. The molecule has 3 aromatic rings. The quantitative estimate of drug-likeness (QED) is 0.636. The van der Waals surface area contributed by atoms with Gasteiger partial charge in [-0.25, -0.2) is 4.98 Å². The predicted octanol–water partition coefficient (Wildman–Crippen LogP) is 4.92. The number of ether oxygens (including phenoxy) is 1. The molecule has 0 saturated heterocycles. The van der Waals surface area contributed by atoms with Gasteiger partial charge in [0.25, 0.3) is 5.91 Å². The molecular weight excluding hydrogens is 362 g/mol. The van der Waals surface area contributed by atoms with Gasteiger partial charge in [-0.3, -0.25) is 4.79 Å². The molecule has 27 heavy (non-hydrogen) atoms. The predicted molar refractivity (Wildman–Crippen MR) is 109 cm³/mol. The van der Waals surface area contributed by atoms with Gasteiger partial charge in [0.15, 0.2) is 0 Å². The van der Waals surface area contributed by atoms with Crippen molar-refractivity contribution in [3.05, 3.63) is 82.5 Å². The number of amides is 1. The highest BCUT2D eigenvalue weighted by molar-refractivity contribution is 6.31. The summed E-state index contributed by atoms with van der Waals surface area (Å²) in [7, 11) is 1.57. The molecule has 1 amide bonds. The molecule has 138 valence electrons. The van der Waals surface area contributed by atoms with Crippen LogP contribution < -0.4 is 15.4 Å². The third kappa shape index (κ3) is 4.77. The van der Waals surface area contributed by atoms with E-state index in [0.717, 1.165) is 11.1 Å². The normalized spacial score (nSPS) is 10.3. The molecule has 0 atom stereocenters. The van der Waals surface area contributed by atoms with E-state index in [4.69, 9.17) is 16.3 Å². The zero-order valence-corrected chi connectivity index (χ0v) is 15.9. The van der Waals surface area contributed by atoms with Gasteiger partial charge >= 0.3 is 0 Å². The molecule has 1 heterocycles. The Morgan fingerprint density at radius 2 is 1.96 bits per heavy atom. The SMILES string of the molecule is COc1ccc(C)cc1NC(=O)c1ccnc(NCc2ccccc2Cl)c1. The molecule has 1 aromatic heterocycles. The number of pyridine rings is 1. The summed E-state index contributed by atoms with van der Waals surface area (Å²) >= 11 is 6.17. The molecule has 0 aliphatic rings. The van der Waals surface area contributed by atoms with E-state index in [0.29, 0.717) is 34.4 Å². The number of hydrogen-bond donors (Lipinski definition) is 2. The average molecular weight is 382 g/mol. The minimum atomic E-state index is -0.234. The second kappa shape index (κ2) is 8.56. The van der Waals surface area contributed by atoms with Crippen molar-refractivity contribution in [1.82, 2.24) is 4.98 Å². The van der Waals surface area contributed by atoms with Crippen molar-refractivity contribution < 1.29 is 9.53 Å². The number of benzene rings is 2. The number of rotatable bonds is 6. The van der Waals surface area contributed by atoms with Gasteiger partial charge in [-0.05, 0) is 48.4 Å². The minimum Gasteiger partial charge on any atom is -0.495 e. The summed E-state index contributed by atoms with van der Waals surface area (Å²) in [6.45, 7) is 2.47. The van der Waals surface area contributed by atoms with E-state index in [1.165, 1.54) is 0 Å². The molecule has 0 bridgehead atoms. The topological polar surface area (TPSA) is 63.2 Å². The van der Waals surface area contributed by atoms with Crippen molar-refractivity contribution in [1.29, 1.82) is 0 Å². The van der Waals surface area contributed by atoms with E-state index < -0.39 is 0 Å². The van der Waals surface area contributed by atoms with Gasteiger partial charge < -0.3 is 15.4 Å². The average Bonchev–Trinajstić information content (AvgIpc) is 2.68. The van der Waals surface area contributed by atoms with Crippen molar-refractivity contribution >= 4 is 29.0 Å². The fraction of sp³-hybridized carbons (Fsp3) is 0.143. The van der Waals surface area contributed by atoms with Gasteiger partial charge in [-0.1, -0.05) is 35.9 Å². The maximum atomic E-state index is 12.6. The standard InChI is InChI=1S/C21H20ClN3O2/c1-14-7-8-19(27-2)18(11-14)25-21(26)15-9-10-23-20(12-15)24-13-16-5-3-4-6-17(16)22/h3-12H,13H2,1-2H3,(H,23,24)(H,25,26). The Balaban J connectivity index is 1.72. The molecule has 2 aromatic carbocycles. The molecule has 0 spiro atoms. The fourth-order valence-corrected chi connectivity index (χ4v) is 2.81. The van der Waals surface area contributed by atoms with Crippen LogP contribution in [-0.4, -0.2) is 18.0 Å². The lowest BCUT2D eigenvalue weighted by molar-refractivity contribution is 0.102. The number of methoxy groups -OCH3 is 1. The summed E-state index contributed by atoms with van der Waals surface area (Å²) < 4.78 is 5.31. The second-order valence-electron chi connectivity index (χ2n) is 6.03. The van der Waals surface area contributed by atoms with E-state index in [9.17, 15) is 4.79 Å². The Kier molecular flexibility index (Phi) is 5.94. The van der Waals surface area contributed by atoms with Gasteiger partial charge in [0.05, 0.1) is 12.8 Å². The highest BCUT2D eigenvalue weighted by Crippen LogP contribution is 2.26. The molecule has 3 rings (SSSR count). The molecule has 2 N–H and O–H groups in total. The van der Waals surface area contributed by atoms with E-state index in [-0.39, 0.29) is 5.91 Å². The van der Waals surface area contributed by atoms with Crippen LogP contribution in [0.5, 0.6) is 5.75 Å². The molecule has 0 aliphatic heterocycles. The maximum absolute atomic E-state index is 12.6. The number of nitrogens with zero attached hydrogens (tertiary/aromatic N) is 1. The molecule has 6 heteroatoms. The molecular formula is C21H20ClN3O2. The lowest BCUT2D eigenvalue weighted by atomic mass is 10.2. The highest BCUT2D eigenvalue weighted by atomic mass is 35.5. The number of anilines is 2. The van der Waals surface area contributed by atoms with Gasteiger partial charge in [0, 0.05) is 23.3 Å². The van der Waals surface area contributed by atoms with Crippen LogP contribution in [0.3, 0.4) is 0 Å². The number of carbonyl (C=O) groups is 1. The van der Waals surface area contributed by atoms with Crippen molar-refractivity contribution in [2.24, 2.45) is 0 Å². The van der Waals surface area contributed by atoms with Crippen LogP contribution in [0.15, 0.2) is 60.8 Å². The molecule has 0 aliphatic carbocycles. The molecule has 0 fully saturated rings. The molecule has 0 unspecified atom stereocenters. The Morgan fingerprint density at radius 3 is 2.74 bits per heavy atom. The van der Waals surface area contributed by atoms with Crippen molar-refractivity contribution in [3.63, 3.8) is 0 Å². The van der Waals surface area contributed by atoms with E-state index >= 15 is 0 Å². The number of hydrogen-bond acceptors (Lipinski definition) is 4. The van der Waals surface area contributed by atoms with Crippen LogP contribution in [-0.2, 0) is 6.54 Å². The summed E-state index contributed by atoms with van der Waals surface area (Å²) in [5.74, 6) is 0.973. The van der Waals surface area contributed by atoms with Gasteiger partial charge in [0.1, 0.15) is 11.6 Å². The zero-order chi connectivity index (χ0) is 19.2. The third-order valence-corrected chi connectivity index (χ3v) is 4.41. The Morgan fingerprint density at radius 1 is 1.15 bits per heavy atom. The number of aromatic nitrogens is 1. The van der Waals surface area contributed by atoms with Gasteiger partial charge in [-0.2, -0.15) is 0 Å². The minimum absolute atomic E-state index is 0.234. The Labute approximate surface area is 163 Å². The Hall–Kier alpha value is -3.05. The smallest absolute Gasteiger partial charge is 0.255 e. The second-order valence-corrected chi connectivity index (χ2v) is 6.44. The van der Waals surface area contributed by atoms with E-state index in [2.05, 4.69) is 15.6 Å². The monoisotopic (exact) mass is 381 g/mol. The van der Waals surface area contributed by atoms with Crippen LogP contribution in [0, 0.1) is 6.92 Å². The maximum Gasteiger partial charge on any atom is 0.255 e. The lowest BCUT2D eigenvalue weighted by Crippen LogP contribution is -2.13. The highest BCUT2D eigenvalue weighted by Gasteiger charge is 2.11. The van der Waals surface area contributed by atoms with Crippen LogP contribution in [0.25, 0.3) is 0 Å². The van der Waals surface area contributed by atoms with Crippen molar-refractivity contribution in [2.75, 3.05) is 17.7 Å². The molecule has 0 saturated carbocycles. The summed E-state index contributed by atoms with van der Waals surface area (Å²) in [6.07, 6.45) is 1.59. The molecule has 5 nitrogen and oxygen atoms in total. The lowest BCUT2D eigenvalue weighted by Gasteiger charge is -2.12. The summed E-state index contributed by atoms with van der Waals surface area (Å²) in [6, 6.07) is 16.6. The van der Waals surface area contributed by atoms with Gasteiger partial charge in [-0.15, -0.1) is 0 Å². The summed E-state index contributed by atoms with van der Waals surface area (Å²) in [5.41, 5.74) is 3.11. The van der Waals surface area contributed by atoms with E-state index in [1.807, 2.05) is 49.4 Å². The van der Waals surface area contributed by atoms with Crippen LogP contribution >= 0.6 is 11.6 Å². The largest absolute Gasteiger partial charge is 0.495 e. The van der Waals surface area contributed by atoms with Crippen molar-refractivity contribution in [2.45, 2.75) is 13.5 Å². The summed E-state index contributed by atoms with van der Waals surface area (Å²) in [5, 5.41) is 6.77. The van der Waals surface area contributed by atoms with Crippen LogP contribution in [0.1, 0.15) is 21.5 Å². The third-order valence-electron chi connectivity index (χ3n) is 4.04. The molecule has 0 radical (unpaired) electrons. The van der Waals surface area contributed by atoms with Crippen LogP contribution in [0.2, 0.25) is 5.02 Å². The number of aryl methyl sites for hydroxylation is 1. The fourth-order valence-electron chi connectivity index (χ4n) is 2.61. The van der Waals surface area contributed by atoms with Gasteiger partial charge in [0.2, 0.25) is 0 Å². The first kappa shape index (κ1) is 18.7. The first-order chi connectivity index (χ1) is 13.1.